The first kappa shape index (κ1) is 18.3. The second-order valence-electron chi connectivity index (χ2n) is 6.22. The van der Waals surface area contributed by atoms with Gasteiger partial charge in [0.05, 0.1) is 17.6 Å². The summed E-state index contributed by atoms with van der Waals surface area (Å²) in [6, 6.07) is 9.98. The van der Waals surface area contributed by atoms with E-state index in [9.17, 15) is 4.79 Å². The smallest absolute Gasteiger partial charge is 0.233 e. The normalized spacial score (nSPS) is 10.9. The van der Waals surface area contributed by atoms with Crippen molar-refractivity contribution in [3.8, 4) is 11.4 Å². The number of amides is 1. The number of rotatable bonds is 6. The highest BCUT2D eigenvalue weighted by atomic mass is 32.2. The van der Waals surface area contributed by atoms with E-state index in [4.69, 9.17) is 4.42 Å². The molecule has 3 rings (SSSR count). The number of benzene rings is 1. The summed E-state index contributed by atoms with van der Waals surface area (Å²) in [7, 11) is 3.72. The molecule has 0 unspecified atom stereocenters. The zero-order valence-electron chi connectivity index (χ0n) is 15.4. The lowest BCUT2D eigenvalue weighted by molar-refractivity contribution is -0.127. The Labute approximate surface area is 157 Å². The van der Waals surface area contributed by atoms with Crippen LogP contribution in [0.3, 0.4) is 0 Å². The number of furan rings is 1. The van der Waals surface area contributed by atoms with Crippen LogP contribution in [0.1, 0.15) is 16.9 Å². The first-order valence-corrected chi connectivity index (χ1v) is 9.31. The van der Waals surface area contributed by atoms with Crippen molar-refractivity contribution in [2.24, 2.45) is 7.05 Å². The number of aryl methyl sites for hydroxylation is 2. The fourth-order valence-corrected chi connectivity index (χ4v) is 3.51. The number of aromatic nitrogens is 3. The first-order chi connectivity index (χ1) is 12.5. The number of hydrogen-bond acceptors (Lipinski definition) is 5. The highest BCUT2D eigenvalue weighted by Gasteiger charge is 2.17. The van der Waals surface area contributed by atoms with Crippen molar-refractivity contribution < 1.29 is 9.21 Å². The fraction of sp³-hybridized carbons (Fsp3) is 0.316. The summed E-state index contributed by atoms with van der Waals surface area (Å²) in [5.74, 6) is 1.91. The highest BCUT2D eigenvalue weighted by Crippen LogP contribution is 2.26. The molecular formula is C19H22N4O2S. The van der Waals surface area contributed by atoms with Crippen LogP contribution < -0.4 is 0 Å². The third kappa shape index (κ3) is 3.83. The zero-order valence-corrected chi connectivity index (χ0v) is 16.2. The van der Waals surface area contributed by atoms with Gasteiger partial charge >= 0.3 is 0 Å². The topological polar surface area (TPSA) is 64.2 Å². The maximum atomic E-state index is 12.5. The van der Waals surface area contributed by atoms with Gasteiger partial charge in [-0.2, -0.15) is 0 Å². The second kappa shape index (κ2) is 7.78. The predicted octanol–water partition coefficient (Wildman–Crippen LogP) is 3.44. The van der Waals surface area contributed by atoms with Crippen LogP contribution in [0.2, 0.25) is 0 Å². The van der Waals surface area contributed by atoms with Gasteiger partial charge in [0, 0.05) is 20.6 Å². The number of carbonyl (C=O) groups is 1. The molecule has 6 nitrogen and oxygen atoms in total. The van der Waals surface area contributed by atoms with Crippen molar-refractivity contribution in [2.45, 2.75) is 25.5 Å². The summed E-state index contributed by atoms with van der Waals surface area (Å²) >= 11 is 1.39. The van der Waals surface area contributed by atoms with Gasteiger partial charge in [0.15, 0.2) is 11.0 Å². The van der Waals surface area contributed by atoms with E-state index in [1.165, 1.54) is 17.3 Å². The Balaban J connectivity index is 1.62. The number of hydrogen-bond donors (Lipinski definition) is 0. The van der Waals surface area contributed by atoms with E-state index < -0.39 is 0 Å². The van der Waals surface area contributed by atoms with Crippen LogP contribution in [0.25, 0.3) is 11.4 Å². The Hall–Kier alpha value is -2.54. The molecule has 2 aromatic heterocycles. The second-order valence-corrected chi connectivity index (χ2v) is 7.16. The van der Waals surface area contributed by atoms with Crippen LogP contribution in [0.15, 0.2) is 46.2 Å². The van der Waals surface area contributed by atoms with Gasteiger partial charge in [0.1, 0.15) is 5.76 Å². The Kier molecular flexibility index (Phi) is 5.46. The molecule has 0 aliphatic rings. The summed E-state index contributed by atoms with van der Waals surface area (Å²) in [6.07, 6.45) is 1.64. The lowest BCUT2D eigenvalue weighted by Crippen LogP contribution is -2.28. The molecule has 2 heterocycles. The lowest BCUT2D eigenvalue weighted by atomic mass is 10.1. The van der Waals surface area contributed by atoms with Crippen molar-refractivity contribution in [3.05, 3.63) is 53.5 Å². The predicted molar refractivity (Wildman–Crippen MR) is 102 cm³/mol. The van der Waals surface area contributed by atoms with Gasteiger partial charge in [-0.3, -0.25) is 4.79 Å². The minimum atomic E-state index is 0.0577. The first-order valence-electron chi connectivity index (χ1n) is 8.32. The van der Waals surface area contributed by atoms with Gasteiger partial charge in [-0.1, -0.05) is 36.0 Å². The van der Waals surface area contributed by atoms with E-state index in [0.717, 1.165) is 22.7 Å². The van der Waals surface area contributed by atoms with Crippen molar-refractivity contribution in [2.75, 3.05) is 12.8 Å². The molecule has 0 N–H and O–H groups in total. The fourth-order valence-electron chi connectivity index (χ4n) is 2.66. The molecule has 136 valence electrons. The summed E-state index contributed by atoms with van der Waals surface area (Å²) in [5, 5.41) is 9.14. The van der Waals surface area contributed by atoms with Crippen LogP contribution in [-0.2, 0) is 18.4 Å². The molecule has 0 saturated carbocycles. The van der Waals surface area contributed by atoms with Crippen molar-refractivity contribution in [1.29, 1.82) is 0 Å². The van der Waals surface area contributed by atoms with E-state index in [2.05, 4.69) is 29.3 Å². The van der Waals surface area contributed by atoms with Crippen LogP contribution in [0.4, 0.5) is 0 Å². The Bertz CT molecular complexity index is 916. The Morgan fingerprint density at radius 1 is 1.23 bits per heavy atom. The van der Waals surface area contributed by atoms with Gasteiger partial charge in [-0.15, -0.1) is 10.2 Å². The highest BCUT2D eigenvalue weighted by molar-refractivity contribution is 7.99. The maximum absolute atomic E-state index is 12.5. The molecule has 0 radical (unpaired) electrons. The van der Waals surface area contributed by atoms with E-state index in [-0.39, 0.29) is 5.91 Å². The van der Waals surface area contributed by atoms with E-state index in [0.29, 0.717) is 17.5 Å². The molecule has 0 atom stereocenters. The quantitative estimate of drug-likeness (QED) is 0.622. The van der Waals surface area contributed by atoms with Crippen molar-refractivity contribution >= 4 is 17.7 Å². The molecular weight excluding hydrogens is 348 g/mol. The van der Waals surface area contributed by atoms with Crippen LogP contribution >= 0.6 is 11.8 Å². The van der Waals surface area contributed by atoms with Crippen LogP contribution in [0.5, 0.6) is 0 Å². The lowest BCUT2D eigenvalue weighted by Gasteiger charge is -2.18. The van der Waals surface area contributed by atoms with E-state index >= 15 is 0 Å². The number of carbonyl (C=O) groups excluding carboxylic acids is 1. The largest absolute Gasteiger partial charge is 0.469 e. The molecule has 26 heavy (non-hydrogen) atoms. The van der Waals surface area contributed by atoms with Crippen molar-refractivity contribution in [3.63, 3.8) is 0 Å². The van der Waals surface area contributed by atoms with E-state index in [1.54, 1.807) is 11.2 Å². The van der Waals surface area contributed by atoms with Crippen LogP contribution in [-0.4, -0.2) is 38.4 Å². The zero-order chi connectivity index (χ0) is 18.7. The Morgan fingerprint density at radius 3 is 2.69 bits per heavy atom. The molecule has 0 fully saturated rings. The standard InChI is InChI=1S/C19H22N4O2S/c1-13-7-5-6-8-15(13)11-22(3)17(24)12-26-19-21-20-18(23(19)4)16-9-10-25-14(16)2/h5-10H,11-12H2,1-4H3. The molecule has 3 aromatic rings. The minimum absolute atomic E-state index is 0.0577. The average Bonchev–Trinajstić information content (AvgIpc) is 3.20. The summed E-state index contributed by atoms with van der Waals surface area (Å²) in [4.78, 5) is 14.2. The summed E-state index contributed by atoms with van der Waals surface area (Å²) in [6.45, 7) is 4.55. The van der Waals surface area contributed by atoms with Gasteiger partial charge in [0.25, 0.3) is 0 Å². The molecule has 0 spiro atoms. The SMILES string of the molecule is Cc1ccccc1CN(C)C(=O)CSc1nnc(-c2ccoc2C)n1C. The number of nitrogens with zero attached hydrogens (tertiary/aromatic N) is 4. The summed E-state index contributed by atoms with van der Waals surface area (Å²) in [5.41, 5.74) is 3.26. The van der Waals surface area contributed by atoms with Crippen molar-refractivity contribution in [1.82, 2.24) is 19.7 Å². The minimum Gasteiger partial charge on any atom is -0.469 e. The third-order valence-corrected chi connectivity index (χ3v) is 5.36. The average molecular weight is 370 g/mol. The molecule has 0 aliphatic carbocycles. The number of thioether (sulfide) groups is 1. The van der Waals surface area contributed by atoms with Gasteiger partial charge in [-0.05, 0) is 31.0 Å². The van der Waals surface area contributed by atoms with Gasteiger partial charge < -0.3 is 13.9 Å². The molecule has 0 bridgehead atoms. The van der Waals surface area contributed by atoms with Crippen LogP contribution in [0, 0.1) is 13.8 Å². The van der Waals surface area contributed by atoms with E-state index in [1.807, 2.05) is 43.8 Å². The molecule has 7 heteroatoms. The van der Waals surface area contributed by atoms with Gasteiger partial charge in [-0.25, -0.2) is 0 Å². The van der Waals surface area contributed by atoms with Gasteiger partial charge in [0.2, 0.25) is 5.91 Å². The molecule has 1 amide bonds. The molecule has 1 aromatic carbocycles. The molecule has 0 aliphatic heterocycles. The molecule has 0 saturated heterocycles. The monoisotopic (exact) mass is 370 g/mol. The Morgan fingerprint density at radius 2 is 2.00 bits per heavy atom. The summed E-state index contributed by atoms with van der Waals surface area (Å²) < 4.78 is 7.22. The third-order valence-electron chi connectivity index (χ3n) is 4.35. The maximum Gasteiger partial charge on any atom is 0.233 e.